The Labute approximate surface area is 130 Å². The van der Waals surface area contributed by atoms with Crippen LogP contribution in [0.1, 0.15) is 0 Å². The Morgan fingerprint density at radius 1 is 1.50 bits per heavy atom. The Morgan fingerprint density at radius 3 is 3.00 bits per heavy atom. The van der Waals surface area contributed by atoms with E-state index in [9.17, 15) is 14.7 Å². The normalized spacial score (nSPS) is 12.1. The third-order valence-corrected chi connectivity index (χ3v) is 3.77. The van der Waals surface area contributed by atoms with Crippen molar-refractivity contribution in [3.8, 4) is 0 Å². The van der Waals surface area contributed by atoms with Crippen LogP contribution in [0.3, 0.4) is 0 Å². The van der Waals surface area contributed by atoms with Crippen LogP contribution in [0, 0.1) is 0 Å². The molecule has 118 valence electrons. The fraction of sp³-hybridized carbons (Fsp3) is 0.417. The molecule has 0 aliphatic rings. The quantitative estimate of drug-likeness (QED) is 0.605. The number of rotatable bonds is 7. The minimum atomic E-state index is -0.842. The topological polar surface area (TPSA) is 115 Å². The van der Waals surface area contributed by atoms with Gasteiger partial charge in [0.1, 0.15) is 0 Å². The summed E-state index contributed by atoms with van der Waals surface area (Å²) >= 11 is 1.20. The zero-order valence-electron chi connectivity index (χ0n) is 11.9. The lowest BCUT2D eigenvalue weighted by Crippen LogP contribution is -2.37. The van der Waals surface area contributed by atoms with Gasteiger partial charge < -0.3 is 15.0 Å². The van der Waals surface area contributed by atoms with E-state index in [0.29, 0.717) is 5.16 Å². The molecule has 0 aromatic carbocycles. The summed E-state index contributed by atoms with van der Waals surface area (Å²) in [6, 6.07) is 4.75. The van der Waals surface area contributed by atoms with E-state index in [-0.39, 0.29) is 30.3 Å². The number of aryl methyl sites for hydroxylation is 1. The van der Waals surface area contributed by atoms with Gasteiger partial charge in [-0.2, -0.15) is 0 Å². The van der Waals surface area contributed by atoms with Crippen LogP contribution in [0.25, 0.3) is 0 Å². The zero-order valence-corrected chi connectivity index (χ0v) is 12.7. The Hall–Kier alpha value is -2.20. The van der Waals surface area contributed by atoms with Gasteiger partial charge in [0.2, 0.25) is 11.1 Å². The Bertz CT molecular complexity index is 685. The molecular weight excluding hydrogens is 308 g/mol. The number of aromatic nitrogens is 5. The standard InChI is InChI=1S/C12H16N6O3S/c1-17-12(14-15-16-17)22-8-10(20)13-6-9(19)7-18-5-3-2-4-11(18)21/h2-5,9,19H,6-8H2,1H3,(H,13,20). The minimum absolute atomic E-state index is 0.0673. The van der Waals surface area contributed by atoms with Gasteiger partial charge in [0.05, 0.1) is 18.4 Å². The second-order valence-electron chi connectivity index (χ2n) is 4.52. The molecule has 10 heteroatoms. The lowest BCUT2D eigenvalue weighted by molar-refractivity contribution is -0.119. The Kier molecular flexibility index (Phi) is 5.67. The number of carbonyl (C=O) groups excluding carboxylic acids is 1. The lowest BCUT2D eigenvalue weighted by atomic mass is 10.3. The van der Waals surface area contributed by atoms with Crippen molar-refractivity contribution in [2.45, 2.75) is 17.8 Å². The molecule has 0 bridgehead atoms. The van der Waals surface area contributed by atoms with Gasteiger partial charge in [-0.05, 0) is 16.5 Å². The van der Waals surface area contributed by atoms with Gasteiger partial charge in [-0.1, -0.05) is 17.8 Å². The van der Waals surface area contributed by atoms with Crippen molar-refractivity contribution in [3.05, 3.63) is 34.7 Å². The van der Waals surface area contributed by atoms with Crippen molar-refractivity contribution >= 4 is 17.7 Å². The van der Waals surface area contributed by atoms with Crippen LogP contribution in [0.15, 0.2) is 34.3 Å². The summed E-state index contributed by atoms with van der Waals surface area (Å²) in [5, 5.41) is 23.9. The van der Waals surface area contributed by atoms with Crippen molar-refractivity contribution in [2.24, 2.45) is 7.05 Å². The molecule has 1 unspecified atom stereocenters. The molecule has 0 aliphatic heterocycles. The predicted octanol–water partition coefficient (Wildman–Crippen LogP) is -1.36. The number of aliphatic hydroxyl groups is 1. The molecule has 0 saturated heterocycles. The van der Waals surface area contributed by atoms with Gasteiger partial charge in [0, 0.05) is 25.9 Å². The molecule has 0 spiro atoms. The summed E-state index contributed by atoms with van der Waals surface area (Å²) in [7, 11) is 1.68. The van der Waals surface area contributed by atoms with Gasteiger partial charge in [-0.15, -0.1) is 5.10 Å². The van der Waals surface area contributed by atoms with E-state index in [0.717, 1.165) is 0 Å². The number of nitrogens with one attached hydrogen (secondary N) is 1. The summed E-state index contributed by atoms with van der Waals surface area (Å²) in [4.78, 5) is 23.2. The molecule has 9 nitrogen and oxygen atoms in total. The largest absolute Gasteiger partial charge is 0.389 e. The summed E-state index contributed by atoms with van der Waals surface area (Å²) < 4.78 is 2.85. The van der Waals surface area contributed by atoms with E-state index in [1.807, 2.05) is 0 Å². The average molecular weight is 324 g/mol. The number of hydrogen-bond acceptors (Lipinski definition) is 7. The van der Waals surface area contributed by atoms with E-state index in [1.54, 1.807) is 25.4 Å². The van der Waals surface area contributed by atoms with E-state index < -0.39 is 6.10 Å². The Balaban J connectivity index is 1.73. The molecule has 2 rings (SSSR count). The smallest absolute Gasteiger partial charge is 0.250 e. The summed E-state index contributed by atoms with van der Waals surface area (Å²) in [5.74, 6) is -0.0980. The maximum Gasteiger partial charge on any atom is 0.250 e. The summed E-state index contributed by atoms with van der Waals surface area (Å²) in [6.45, 7) is 0.193. The molecule has 1 atom stereocenters. The lowest BCUT2D eigenvalue weighted by Gasteiger charge is -2.13. The van der Waals surface area contributed by atoms with Crippen LogP contribution < -0.4 is 10.9 Å². The molecule has 0 radical (unpaired) electrons. The van der Waals surface area contributed by atoms with Crippen LogP contribution in [0.4, 0.5) is 0 Å². The number of aliphatic hydroxyl groups excluding tert-OH is 1. The van der Waals surface area contributed by atoms with Gasteiger partial charge in [-0.3, -0.25) is 9.59 Å². The number of amides is 1. The van der Waals surface area contributed by atoms with Gasteiger partial charge >= 0.3 is 0 Å². The van der Waals surface area contributed by atoms with Gasteiger partial charge in [0.15, 0.2) is 0 Å². The van der Waals surface area contributed by atoms with Crippen molar-refractivity contribution < 1.29 is 9.90 Å². The molecule has 2 aromatic heterocycles. The number of thioether (sulfide) groups is 1. The summed E-state index contributed by atoms with van der Waals surface area (Å²) in [5.41, 5.74) is -0.196. The SMILES string of the molecule is Cn1nnnc1SCC(=O)NCC(O)Cn1ccccc1=O. The fourth-order valence-electron chi connectivity index (χ4n) is 1.66. The molecular formula is C12H16N6O3S. The molecule has 0 aliphatic carbocycles. The number of nitrogens with zero attached hydrogens (tertiary/aromatic N) is 5. The zero-order chi connectivity index (χ0) is 15.9. The highest BCUT2D eigenvalue weighted by molar-refractivity contribution is 7.99. The van der Waals surface area contributed by atoms with E-state index in [1.165, 1.54) is 27.1 Å². The first kappa shape index (κ1) is 16.2. The molecule has 1 amide bonds. The summed E-state index contributed by atoms with van der Waals surface area (Å²) in [6.07, 6.45) is 0.746. The number of pyridine rings is 1. The number of hydrogen-bond donors (Lipinski definition) is 2. The molecule has 2 aromatic rings. The molecule has 0 fully saturated rings. The molecule has 22 heavy (non-hydrogen) atoms. The predicted molar refractivity (Wildman–Crippen MR) is 79.2 cm³/mol. The van der Waals surface area contributed by atoms with Crippen molar-refractivity contribution in [1.82, 2.24) is 30.1 Å². The average Bonchev–Trinajstić information content (AvgIpc) is 2.91. The maximum absolute atomic E-state index is 11.7. The monoisotopic (exact) mass is 324 g/mol. The highest BCUT2D eigenvalue weighted by Gasteiger charge is 2.10. The van der Waals surface area contributed by atoms with Crippen LogP contribution in [-0.4, -0.2) is 54.2 Å². The van der Waals surface area contributed by atoms with E-state index in [4.69, 9.17) is 0 Å². The van der Waals surface area contributed by atoms with Crippen LogP contribution in [0.2, 0.25) is 0 Å². The first-order valence-corrected chi connectivity index (χ1v) is 7.50. The maximum atomic E-state index is 11.7. The van der Waals surface area contributed by atoms with E-state index >= 15 is 0 Å². The highest BCUT2D eigenvalue weighted by atomic mass is 32.2. The fourth-order valence-corrected chi connectivity index (χ4v) is 2.34. The number of carbonyl (C=O) groups is 1. The van der Waals surface area contributed by atoms with Crippen LogP contribution in [0.5, 0.6) is 0 Å². The molecule has 0 saturated carbocycles. The van der Waals surface area contributed by atoms with Crippen LogP contribution >= 0.6 is 11.8 Å². The van der Waals surface area contributed by atoms with Crippen molar-refractivity contribution in [3.63, 3.8) is 0 Å². The first-order valence-electron chi connectivity index (χ1n) is 6.51. The third kappa shape index (κ3) is 4.67. The third-order valence-electron chi connectivity index (χ3n) is 2.75. The molecule has 2 heterocycles. The van der Waals surface area contributed by atoms with Crippen molar-refractivity contribution in [2.75, 3.05) is 12.3 Å². The van der Waals surface area contributed by atoms with Gasteiger partial charge in [0.25, 0.3) is 5.56 Å². The number of tetrazole rings is 1. The Morgan fingerprint density at radius 2 is 2.32 bits per heavy atom. The van der Waals surface area contributed by atoms with E-state index in [2.05, 4.69) is 20.8 Å². The van der Waals surface area contributed by atoms with Crippen LogP contribution in [-0.2, 0) is 18.4 Å². The second-order valence-corrected chi connectivity index (χ2v) is 5.47. The van der Waals surface area contributed by atoms with Gasteiger partial charge in [-0.25, -0.2) is 4.68 Å². The highest BCUT2D eigenvalue weighted by Crippen LogP contribution is 2.11. The molecule has 2 N–H and O–H groups in total. The first-order chi connectivity index (χ1) is 10.6. The van der Waals surface area contributed by atoms with Crippen molar-refractivity contribution in [1.29, 1.82) is 0 Å². The second kappa shape index (κ2) is 7.71. The minimum Gasteiger partial charge on any atom is -0.389 e.